The molecule has 0 spiro atoms. The zero-order valence-electron chi connectivity index (χ0n) is 12.2. The molecule has 0 aromatic heterocycles. The lowest BCUT2D eigenvalue weighted by molar-refractivity contribution is -0.384. The Kier molecular flexibility index (Phi) is 4.65. The summed E-state index contributed by atoms with van der Waals surface area (Å²) >= 11 is 0. The SMILES string of the molecule is CC(C)C1COC(=O)N1C#CC#Cc1ccc([N+](=O)[O-])cc1. The van der Waals surface area contributed by atoms with Crippen molar-refractivity contribution in [3.05, 3.63) is 39.9 Å². The fourth-order valence-corrected chi connectivity index (χ4v) is 1.91. The van der Waals surface area contributed by atoms with E-state index in [-0.39, 0.29) is 17.6 Å². The number of non-ortho nitro benzene ring substituents is 1. The summed E-state index contributed by atoms with van der Waals surface area (Å²) in [5.41, 5.74) is 0.625. The Morgan fingerprint density at radius 3 is 2.59 bits per heavy atom. The van der Waals surface area contributed by atoms with Crippen molar-refractivity contribution in [2.75, 3.05) is 6.61 Å². The number of cyclic esters (lactones) is 1. The second-order valence-corrected chi connectivity index (χ2v) is 5.05. The highest BCUT2D eigenvalue weighted by Crippen LogP contribution is 2.18. The Bertz CT molecular complexity index is 702. The van der Waals surface area contributed by atoms with Crippen molar-refractivity contribution in [1.29, 1.82) is 0 Å². The summed E-state index contributed by atoms with van der Waals surface area (Å²) in [6, 6.07) is 8.48. The van der Waals surface area contributed by atoms with Crippen LogP contribution in [0.2, 0.25) is 0 Å². The van der Waals surface area contributed by atoms with Crippen molar-refractivity contribution in [2.24, 2.45) is 5.92 Å². The van der Waals surface area contributed by atoms with Crippen LogP contribution in [0.25, 0.3) is 0 Å². The Morgan fingerprint density at radius 2 is 2.00 bits per heavy atom. The maximum absolute atomic E-state index is 11.5. The lowest BCUT2D eigenvalue weighted by Crippen LogP contribution is -2.33. The highest BCUT2D eigenvalue weighted by molar-refractivity contribution is 5.72. The predicted octanol–water partition coefficient (Wildman–Crippen LogP) is 2.38. The number of rotatable bonds is 2. The number of nitro benzene ring substituents is 1. The summed E-state index contributed by atoms with van der Waals surface area (Å²) in [7, 11) is 0. The van der Waals surface area contributed by atoms with Crippen molar-refractivity contribution in [2.45, 2.75) is 19.9 Å². The Morgan fingerprint density at radius 1 is 1.32 bits per heavy atom. The molecule has 1 atom stereocenters. The molecule has 1 saturated heterocycles. The molecule has 1 amide bonds. The van der Waals surface area contributed by atoms with Gasteiger partial charge in [-0.3, -0.25) is 10.1 Å². The summed E-state index contributed by atoms with van der Waals surface area (Å²) < 4.78 is 4.96. The summed E-state index contributed by atoms with van der Waals surface area (Å²) in [6.45, 7) is 4.31. The van der Waals surface area contributed by atoms with E-state index < -0.39 is 11.0 Å². The number of carbonyl (C=O) groups is 1. The van der Waals surface area contributed by atoms with E-state index in [1.807, 2.05) is 13.8 Å². The van der Waals surface area contributed by atoms with Gasteiger partial charge in [0.15, 0.2) is 0 Å². The average molecular weight is 298 g/mol. The third-order valence-electron chi connectivity index (χ3n) is 3.20. The predicted molar refractivity (Wildman–Crippen MR) is 79.6 cm³/mol. The van der Waals surface area contributed by atoms with Crippen molar-refractivity contribution in [3.8, 4) is 23.8 Å². The summed E-state index contributed by atoms with van der Waals surface area (Å²) in [5, 5.41) is 10.5. The molecule has 6 nitrogen and oxygen atoms in total. The van der Waals surface area contributed by atoms with Crippen LogP contribution < -0.4 is 0 Å². The van der Waals surface area contributed by atoms with Crippen LogP contribution in [0, 0.1) is 39.8 Å². The molecule has 0 radical (unpaired) electrons. The number of nitrogens with zero attached hydrogens (tertiary/aromatic N) is 2. The first-order chi connectivity index (χ1) is 10.5. The van der Waals surface area contributed by atoms with Gasteiger partial charge < -0.3 is 4.74 Å². The maximum atomic E-state index is 11.5. The largest absolute Gasteiger partial charge is 0.446 e. The van der Waals surface area contributed by atoms with Gasteiger partial charge in [0.1, 0.15) is 6.61 Å². The van der Waals surface area contributed by atoms with Crippen molar-refractivity contribution in [1.82, 2.24) is 4.90 Å². The molecular formula is C16H14N2O4. The molecule has 0 aliphatic carbocycles. The Hall–Kier alpha value is -2.99. The smallest absolute Gasteiger partial charge is 0.422 e. The summed E-state index contributed by atoms with van der Waals surface area (Å²) in [5.74, 6) is 8.24. The van der Waals surface area contributed by atoms with Crippen LogP contribution in [0.1, 0.15) is 19.4 Å². The van der Waals surface area contributed by atoms with Gasteiger partial charge in [-0.05, 0) is 24.0 Å². The first kappa shape index (κ1) is 15.4. The molecule has 1 aliphatic rings. The molecule has 1 aliphatic heterocycles. The third-order valence-corrected chi connectivity index (χ3v) is 3.20. The van der Waals surface area contributed by atoms with Crippen LogP contribution in [0.5, 0.6) is 0 Å². The van der Waals surface area contributed by atoms with E-state index in [9.17, 15) is 14.9 Å². The van der Waals surface area contributed by atoms with Crippen LogP contribution in [0.4, 0.5) is 10.5 Å². The van der Waals surface area contributed by atoms with E-state index in [4.69, 9.17) is 4.74 Å². The number of amides is 1. The number of carbonyl (C=O) groups excluding carboxylic acids is 1. The van der Waals surface area contributed by atoms with Crippen molar-refractivity contribution >= 4 is 11.8 Å². The number of nitro groups is 1. The molecule has 2 rings (SSSR count). The number of benzene rings is 1. The van der Waals surface area contributed by atoms with Gasteiger partial charge in [-0.1, -0.05) is 19.8 Å². The fourth-order valence-electron chi connectivity index (χ4n) is 1.91. The Labute approximate surface area is 128 Å². The molecule has 1 unspecified atom stereocenters. The zero-order chi connectivity index (χ0) is 16.1. The maximum Gasteiger partial charge on any atom is 0.422 e. The minimum atomic E-state index is -0.470. The van der Waals surface area contributed by atoms with Crippen LogP contribution in [-0.2, 0) is 4.74 Å². The molecule has 1 fully saturated rings. The van der Waals surface area contributed by atoms with Crippen LogP contribution in [0.3, 0.4) is 0 Å². The minimum Gasteiger partial charge on any atom is -0.446 e. The van der Waals surface area contributed by atoms with E-state index in [1.54, 1.807) is 12.1 Å². The molecule has 0 bridgehead atoms. The normalized spacial score (nSPS) is 16.4. The number of hydrogen-bond acceptors (Lipinski definition) is 4. The molecule has 0 saturated carbocycles. The van der Waals surface area contributed by atoms with Gasteiger partial charge in [0.25, 0.3) is 5.69 Å². The second kappa shape index (κ2) is 6.64. The first-order valence-electron chi connectivity index (χ1n) is 6.71. The summed E-state index contributed by atoms with van der Waals surface area (Å²) in [4.78, 5) is 23.0. The molecule has 6 heteroatoms. The summed E-state index contributed by atoms with van der Waals surface area (Å²) in [6.07, 6.45) is -0.455. The van der Waals surface area contributed by atoms with Crippen LogP contribution in [-0.4, -0.2) is 28.6 Å². The zero-order valence-corrected chi connectivity index (χ0v) is 12.2. The van der Waals surface area contributed by atoms with Gasteiger partial charge >= 0.3 is 6.09 Å². The minimum absolute atomic E-state index is 0.0104. The first-order valence-corrected chi connectivity index (χ1v) is 6.71. The molecule has 0 N–H and O–H groups in total. The van der Waals surface area contributed by atoms with Crippen molar-refractivity contribution in [3.63, 3.8) is 0 Å². The average Bonchev–Trinajstić information content (AvgIpc) is 2.85. The second-order valence-electron chi connectivity index (χ2n) is 5.05. The van der Waals surface area contributed by atoms with Gasteiger partial charge in [-0.15, -0.1) is 0 Å². The third kappa shape index (κ3) is 3.56. The lowest BCUT2D eigenvalue weighted by Gasteiger charge is -2.17. The molecule has 1 heterocycles. The molecular weight excluding hydrogens is 284 g/mol. The van der Waals surface area contributed by atoms with Gasteiger partial charge in [0.05, 0.1) is 11.0 Å². The van der Waals surface area contributed by atoms with E-state index in [2.05, 4.69) is 23.8 Å². The van der Waals surface area contributed by atoms with Gasteiger partial charge in [-0.25, -0.2) is 9.69 Å². The van der Waals surface area contributed by atoms with E-state index in [0.29, 0.717) is 12.2 Å². The molecule has 22 heavy (non-hydrogen) atoms. The topological polar surface area (TPSA) is 72.7 Å². The lowest BCUT2D eigenvalue weighted by atomic mass is 10.1. The highest BCUT2D eigenvalue weighted by Gasteiger charge is 2.34. The molecule has 1 aromatic carbocycles. The quantitative estimate of drug-likeness (QED) is 0.477. The molecule has 1 aromatic rings. The van der Waals surface area contributed by atoms with Gasteiger partial charge in [-0.2, -0.15) is 0 Å². The monoisotopic (exact) mass is 298 g/mol. The van der Waals surface area contributed by atoms with Crippen molar-refractivity contribution < 1.29 is 14.5 Å². The van der Waals surface area contributed by atoms with Gasteiger partial charge in [0.2, 0.25) is 0 Å². The molecule has 112 valence electrons. The van der Waals surface area contributed by atoms with E-state index in [1.165, 1.54) is 17.0 Å². The van der Waals surface area contributed by atoms with Crippen LogP contribution >= 0.6 is 0 Å². The Balaban J connectivity index is 2.07. The number of ether oxygens (including phenoxy) is 1. The van der Waals surface area contributed by atoms with E-state index >= 15 is 0 Å². The standard InChI is InChI=1S/C16H14N2O4/c1-12(2)15-11-22-16(19)17(15)10-4-3-5-13-6-8-14(9-7-13)18(20)21/h6-9,12,15H,11H2,1-2H3. The number of hydrogen-bond donors (Lipinski definition) is 0. The van der Waals surface area contributed by atoms with E-state index in [0.717, 1.165) is 0 Å². The van der Waals surface area contributed by atoms with Crippen LogP contribution in [0.15, 0.2) is 24.3 Å². The van der Waals surface area contributed by atoms with Gasteiger partial charge in [0, 0.05) is 29.7 Å². The highest BCUT2D eigenvalue weighted by atomic mass is 16.6. The fraction of sp³-hybridized carbons (Fsp3) is 0.312.